The fraction of sp³-hybridized carbons (Fsp3) is 0.179. The summed E-state index contributed by atoms with van der Waals surface area (Å²) in [5.41, 5.74) is 6.02. The number of nitrogens with zero attached hydrogens (tertiary/aromatic N) is 3. The summed E-state index contributed by atoms with van der Waals surface area (Å²) in [6.45, 7) is 4.11. The maximum atomic E-state index is 11.9. The number of para-hydroxylation sites is 2. The largest absolute Gasteiger partial charge is 0.506 e. The number of methoxy groups -OCH3 is 1. The van der Waals surface area contributed by atoms with Crippen LogP contribution in [0.25, 0.3) is 5.69 Å². The fourth-order valence-corrected chi connectivity index (χ4v) is 5.29. The van der Waals surface area contributed by atoms with E-state index >= 15 is 0 Å². The zero-order valence-electron chi connectivity index (χ0n) is 20.2. The molecule has 1 aliphatic rings. The van der Waals surface area contributed by atoms with Crippen LogP contribution in [0.4, 0.5) is 5.69 Å². The lowest BCUT2D eigenvalue weighted by Crippen LogP contribution is -2.29. The van der Waals surface area contributed by atoms with Gasteiger partial charge in [-0.25, -0.2) is 4.79 Å². The summed E-state index contributed by atoms with van der Waals surface area (Å²) in [6.07, 6.45) is 1.77. The van der Waals surface area contributed by atoms with Crippen molar-refractivity contribution < 1.29 is 14.6 Å². The third kappa shape index (κ3) is 3.99. The third-order valence-electron chi connectivity index (χ3n) is 6.57. The molecule has 0 aliphatic carbocycles. The van der Waals surface area contributed by atoms with E-state index in [1.54, 1.807) is 30.5 Å². The van der Waals surface area contributed by atoms with Gasteiger partial charge in [0.15, 0.2) is 5.11 Å². The second kappa shape index (κ2) is 9.47. The Hall–Kier alpha value is -4.17. The minimum absolute atomic E-state index is 0.153. The van der Waals surface area contributed by atoms with Crippen LogP contribution < -0.4 is 10.2 Å². The standard InChI is InChI=1S/C28H26N4O3S/c1-17-16-21(18(2)31(17)20-13-11-19(12-14-20)27(34)35-3)26-25(22-8-6-7-15-29-22)30-28(36)32(26)23-9-4-5-10-24(23)33/h4-16,25-26,33H,1-3H3,(H,30,36)/t25-,26-/m1/s1. The van der Waals surface area contributed by atoms with Crippen LogP contribution in [-0.2, 0) is 4.74 Å². The number of esters is 1. The van der Waals surface area contributed by atoms with Gasteiger partial charge < -0.3 is 24.6 Å². The van der Waals surface area contributed by atoms with Crippen molar-refractivity contribution in [3.8, 4) is 11.4 Å². The van der Waals surface area contributed by atoms with Crippen molar-refractivity contribution in [1.29, 1.82) is 0 Å². The first kappa shape index (κ1) is 23.6. The van der Waals surface area contributed by atoms with Crippen LogP contribution in [0.2, 0.25) is 0 Å². The molecule has 1 fully saturated rings. The van der Waals surface area contributed by atoms with Gasteiger partial charge in [-0.05, 0) is 86.2 Å². The van der Waals surface area contributed by atoms with Crippen LogP contribution >= 0.6 is 12.2 Å². The van der Waals surface area contributed by atoms with Crippen molar-refractivity contribution in [2.75, 3.05) is 12.0 Å². The van der Waals surface area contributed by atoms with Gasteiger partial charge in [0.1, 0.15) is 5.75 Å². The van der Waals surface area contributed by atoms with Gasteiger partial charge in [-0.15, -0.1) is 0 Å². The van der Waals surface area contributed by atoms with Gasteiger partial charge in [0.05, 0.1) is 36.1 Å². The Morgan fingerprint density at radius 2 is 1.78 bits per heavy atom. The number of aromatic hydroxyl groups is 1. The van der Waals surface area contributed by atoms with E-state index in [4.69, 9.17) is 17.0 Å². The Morgan fingerprint density at radius 1 is 1.06 bits per heavy atom. The molecule has 0 amide bonds. The Bertz CT molecular complexity index is 1430. The van der Waals surface area contributed by atoms with Gasteiger partial charge in [0.2, 0.25) is 0 Å². The Kier molecular flexibility index (Phi) is 6.20. The summed E-state index contributed by atoms with van der Waals surface area (Å²) >= 11 is 5.79. The van der Waals surface area contributed by atoms with E-state index < -0.39 is 0 Å². The molecule has 0 spiro atoms. The normalized spacial score (nSPS) is 17.2. The number of thiocarbonyl (C=S) groups is 1. The monoisotopic (exact) mass is 498 g/mol. The van der Waals surface area contributed by atoms with Gasteiger partial charge in [-0.3, -0.25) is 4.98 Å². The number of hydrogen-bond acceptors (Lipinski definition) is 5. The molecule has 0 radical (unpaired) electrons. The van der Waals surface area contributed by atoms with E-state index in [1.165, 1.54) is 7.11 Å². The van der Waals surface area contributed by atoms with Crippen LogP contribution in [0, 0.1) is 13.8 Å². The van der Waals surface area contributed by atoms with Gasteiger partial charge in [0, 0.05) is 23.3 Å². The van der Waals surface area contributed by atoms with E-state index in [9.17, 15) is 9.90 Å². The summed E-state index contributed by atoms with van der Waals surface area (Å²) in [5.74, 6) is -0.217. The smallest absolute Gasteiger partial charge is 0.337 e. The van der Waals surface area contributed by atoms with Crippen LogP contribution in [0.5, 0.6) is 5.75 Å². The highest BCUT2D eigenvalue weighted by molar-refractivity contribution is 7.80. The van der Waals surface area contributed by atoms with Crippen molar-refractivity contribution in [3.63, 3.8) is 0 Å². The van der Waals surface area contributed by atoms with Crippen molar-refractivity contribution in [3.05, 3.63) is 107 Å². The zero-order valence-corrected chi connectivity index (χ0v) is 21.0. The molecule has 4 aromatic rings. The molecule has 2 aromatic heterocycles. The van der Waals surface area contributed by atoms with Gasteiger partial charge in [-0.2, -0.15) is 0 Å². The minimum atomic E-state index is -0.370. The second-order valence-electron chi connectivity index (χ2n) is 8.69. The number of pyridine rings is 1. The Labute approximate surface area is 215 Å². The maximum Gasteiger partial charge on any atom is 0.337 e. The van der Waals surface area contributed by atoms with Crippen LogP contribution in [0.1, 0.15) is 45.1 Å². The quantitative estimate of drug-likeness (QED) is 0.291. The Balaban J connectivity index is 1.64. The van der Waals surface area contributed by atoms with E-state index in [2.05, 4.69) is 27.9 Å². The number of phenolic OH excluding ortho intramolecular Hbond substituents is 1. The van der Waals surface area contributed by atoms with Gasteiger partial charge >= 0.3 is 5.97 Å². The molecule has 0 bridgehead atoms. The van der Waals surface area contributed by atoms with Crippen molar-refractivity contribution >= 4 is 29.0 Å². The van der Waals surface area contributed by atoms with Crippen molar-refractivity contribution in [1.82, 2.24) is 14.9 Å². The van der Waals surface area contributed by atoms with Crippen LogP contribution in [0.3, 0.4) is 0 Å². The molecule has 7 nitrogen and oxygen atoms in total. The molecule has 2 N–H and O–H groups in total. The summed E-state index contributed by atoms with van der Waals surface area (Å²) < 4.78 is 6.98. The SMILES string of the molecule is COC(=O)c1ccc(-n2c(C)cc([C@@H]3[C@@H](c4ccccn4)NC(=S)N3c3ccccc3O)c2C)cc1. The number of ether oxygens (including phenoxy) is 1. The van der Waals surface area contributed by atoms with E-state index in [0.717, 1.165) is 28.3 Å². The molecule has 5 rings (SSSR count). The van der Waals surface area contributed by atoms with E-state index in [0.29, 0.717) is 16.4 Å². The average Bonchev–Trinajstić information content (AvgIpc) is 3.39. The summed E-state index contributed by atoms with van der Waals surface area (Å²) in [4.78, 5) is 18.5. The highest BCUT2D eigenvalue weighted by atomic mass is 32.1. The second-order valence-corrected chi connectivity index (χ2v) is 9.07. The minimum Gasteiger partial charge on any atom is -0.506 e. The number of aromatic nitrogens is 2. The lowest BCUT2D eigenvalue weighted by atomic mass is 9.96. The predicted molar refractivity (Wildman–Crippen MR) is 143 cm³/mol. The zero-order chi connectivity index (χ0) is 25.4. The van der Waals surface area contributed by atoms with E-state index in [-0.39, 0.29) is 23.8 Å². The van der Waals surface area contributed by atoms with Crippen LogP contribution in [-0.4, -0.2) is 32.8 Å². The van der Waals surface area contributed by atoms with E-state index in [1.807, 2.05) is 54.3 Å². The van der Waals surface area contributed by atoms with Crippen molar-refractivity contribution in [2.24, 2.45) is 0 Å². The number of carbonyl (C=O) groups is 1. The lowest BCUT2D eigenvalue weighted by molar-refractivity contribution is 0.0600. The number of benzene rings is 2. The molecule has 182 valence electrons. The number of rotatable bonds is 5. The van der Waals surface area contributed by atoms with Crippen molar-refractivity contribution in [2.45, 2.75) is 25.9 Å². The number of hydrogen-bond donors (Lipinski definition) is 2. The van der Waals surface area contributed by atoms with Gasteiger partial charge in [-0.1, -0.05) is 18.2 Å². The predicted octanol–water partition coefficient (Wildman–Crippen LogP) is 5.16. The summed E-state index contributed by atoms with van der Waals surface area (Å²) in [5, 5.41) is 14.7. The highest BCUT2D eigenvalue weighted by Gasteiger charge is 2.43. The number of phenols is 1. The Morgan fingerprint density at radius 3 is 2.44 bits per heavy atom. The molecule has 1 aliphatic heterocycles. The first-order valence-corrected chi connectivity index (χ1v) is 12.0. The molecule has 36 heavy (non-hydrogen) atoms. The molecular formula is C28H26N4O3S. The topological polar surface area (TPSA) is 79.6 Å². The van der Waals surface area contributed by atoms with Crippen LogP contribution in [0.15, 0.2) is 79.0 Å². The molecule has 2 aromatic carbocycles. The summed E-state index contributed by atoms with van der Waals surface area (Å²) in [6, 6.07) is 22.0. The summed E-state index contributed by atoms with van der Waals surface area (Å²) in [7, 11) is 1.37. The highest BCUT2D eigenvalue weighted by Crippen LogP contribution is 2.45. The molecule has 1 saturated heterocycles. The number of anilines is 1. The molecular weight excluding hydrogens is 472 g/mol. The number of carbonyl (C=O) groups excluding carboxylic acids is 1. The molecule has 3 heterocycles. The first-order chi connectivity index (χ1) is 17.4. The maximum absolute atomic E-state index is 11.9. The first-order valence-electron chi connectivity index (χ1n) is 11.6. The fourth-order valence-electron chi connectivity index (χ4n) is 4.95. The van der Waals surface area contributed by atoms with Gasteiger partial charge in [0.25, 0.3) is 0 Å². The molecule has 0 saturated carbocycles. The average molecular weight is 499 g/mol. The third-order valence-corrected chi connectivity index (χ3v) is 6.89. The number of nitrogens with one attached hydrogen (secondary N) is 1. The molecule has 0 unspecified atom stereocenters. The lowest BCUT2D eigenvalue weighted by Gasteiger charge is -2.28. The molecule has 8 heteroatoms. The molecule has 2 atom stereocenters. The number of aryl methyl sites for hydroxylation is 1.